The average Bonchev–Trinajstić information content (AvgIpc) is 2.71. The van der Waals surface area contributed by atoms with Crippen LogP contribution in [0.5, 0.6) is 0 Å². The molecule has 1 aromatic heterocycles. The van der Waals surface area contributed by atoms with E-state index in [1.54, 1.807) is 36.5 Å². The van der Waals surface area contributed by atoms with Crippen molar-refractivity contribution in [3.63, 3.8) is 0 Å². The highest BCUT2D eigenvalue weighted by atomic mass is 35.5. The molecule has 2 aromatic rings. The number of hydrogen-bond acceptors (Lipinski definition) is 4. The number of pyridine rings is 1. The van der Waals surface area contributed by atoms with Crippen molar-refractivity contribution in [1.29, 1.82) is 0 Å². The van der Waals surface area contributed by atoms with Gasteiger partial charge in [0, 0.05) is 42.8 Å². The molecule has 0 aliphatic heterocycles. The number of carbonyl (C=O) groups is 2. The maximum atomic E-state index is 12.6. The van der Waals surface area contributed by atoms with Crippen LogP contribution in [0.2, 0.25) is 0 Å². The van der Waals surface area contributed by atoms with Gasteiger partial charge in [0.25, 0.3) is 5.91 Å². The minimum absolute atomic E-state index is 0. The van der Waals surface area contributed by atoms with Gasteiger partial charge in [-0.25, -0.2) is 0 Å². The van der Waals surface area contributed by atoms with Crippen LogP contribution in [-0.4, -0.2) is 29.4 Å². The third-order valence-electron chi connectivity index (χ3n) is 5.59. The van der Waals surface area contributed by atoms with E-state index >= 15 is 0 Å². The summed E-state index contributed by atoms with van der Waals surface area (Å²) in [4.78, 5) is 30.6. The second-order valence-electron chi connectivity index (χ2n) is 7.79. The van der Waals surface area contributed by atoms with E-state index in [-0.39, 0.29) is 42.5 Å². The summed E-state index contributed by atoms with van der Waals surface area (Å²) in [5.41, 5.74) is 8.25. The monoisotopic (exact) mass is 452 g/mol. The molecule has 2 amide bonds. The Morgan fingerprint density at radius 3 is 2.37 bits per heavy atom. The number of anilines is 1. The predicted molar refractivity (Wildman–Crippen MR) is 124 cm³/mol. The number of aromatic nitrogens is 1. The molecule has 2 unspecified atom stereocenters. The molecule has 3 N–H and O–H groups in total. The molecular formula is C22H30Cl2N4O2. The van der Waals surface area contributed by atoms with E-state index in [2.05, 4.69) is 10.3 Å². The van der Waals surface area contributed by atoms with Crippen molar-refractivity contribution in [1.82, 2.24) is 10.3 Å². The number of rotatable bonds is 5. The van der Waals surface area contributed by atoms with Gasteiger partial charge in [-0.05, 0) is 49.6 Å². The van der Waals surface area contributed by atoms with Crippen LogP contribution in [0.3, 0.4) is 0 Å². The van der Waals surface area contributed by atoms with Crippen LogP contribution in [0.1, 0.15) is 48.5 Å². The number of nitrogens with zero attached hydrogens (tertiary/aromatic N) is 2. The van der Waals surface area contributed by atoms with Gasteiger partial charge in [0.1, 0.15) is 0 Å². The molecule has 30 heavy (non-hydrogen) atoms. The normalized spacial score (nSPS) is 20.3. The third-order valence-corrected chi connectivity index (χ3v) is 5.59. The molecule has 8 heteroatoms. The Balaban J connectivity index is 0.00000225. The number of carbonyl (C=O) groups excluding carboxylic acids is 2. The minimum Gasteiger partial charge on any atom is -0.352 e. The first-order valence-corrected chi connectivity index (χ1v) is 9.72. The van der Waals surface area contributed by atoms with Crippen molar-refractivity contribution >= 4 is 42.3 Å². The molecular weight excluding hydrogens is 423 g/mol. The Kier molecular flexibility index (Phi) is 9.75. The van der Waals surface area contributed by atoms with Gasteiger partial charge >= 0.3 is 0 Å². The predicted octanol–water partition coefficient (Wildman–Crippen LogP) is 3.73. The van der Waals surface area contributed by atoms with Crippen LogP contribution in [-0.2, 0) is 11.3 Å². The maximum absolute atomic E-state index is 12.6. The second kappa shape index (κ2) is 11.3. The molecule has 1 fully saturated rings. The van der Waals surface area contributed by atoms with E-state index in [1.807, 2.05) is 31.2 Å². The Hall–Kier alpha value is -2.15. The fourth-order valence-electron chi connectivity index (χ4n) is 3.74. The molecule has 1 heterocycles. The van der Waals surface area contributed by atoms with Gasteiger partial charge in [0.2, 0.25) is 5.91 Å². The molecule has 3 rings (SSSR count). The van der Waals surface area contributed by atoms with Crippen molar-refractivity contribution in [2.24, 2.45) is 11.7 Å². The van der Waals surface area contributed by atoms with Crippen LogP contribution < -0.4 is 16.0 Å². The number of nitrogens with two attached hydrogens (primary N) is 1. The molecule has 0 saturated heterocycles. The van der Waals surface area contributed by atoms with E-state index in [0.717, 1.165) is 36.9 Å². The van der Waals surface area contributed by atoms with E-state index in [0.29, 0.717) is 12.1 Å². The maximum Gasteiger partial charge on any atom is 0.258 e. The lowest BCUT2D eigenvalue weighted by atomic mass is 9.74. The Bertz CT molecular complexity index is 829. The van der Waals surface area contributed by atoms with Crippen LogP contribution in [0.15, 0.2) is 48.8 Å². The number of nitrogens with one attached hydrogen (secondary N) is 1. The summed E-state index contributed by atoms with van der Waals surface area (Å²) >= 11 is 0. The lowest BCUT2D eigenvalue weighted by molar-refractivity contribution is -0.128. The number of amides is 2. The molecule has 1 saturated carbocycles. The van der Waals surface area contributed by atoms with Gasteiger partial charge in [-0.2, -0.15) is 0 Å². The lowest BCUT2D eigenvalue weighted by Crippen LogP contribution is -2.52. The quantitative estimate of drug-likeness (QED) is 0.722. The molecule has 1 aliphatic rings. The lowest BCUT2D eigenvalue weighted by Gasteiger charge is -2.37. The minimum atomic E-state index is -0.428. The summed E-state index contributed by atoms with van der Waals surface area (Å²) in [6.07, 6.45) is 7.08. The molecule has 1 aromatic carbocycles. The molecule has 0 radical (unpaired) electrons. The van der Waals surface area contributed by atoms with Crippen molar-refractivity contribution < 1.29 is 9.59 Å². The van der Waals surface area contributed by atoms with Crippen molar-refractivity contribution in [3.8, 4) is 0 Å². The smallest absolute Gasteiger partial charge is 0.258 e. The summed E-state index contributed by atoms with van der Waals surface area (Å²) < 4.78 is 0. The zero-order valence-electron chi connectivity index (χ0n) is 17.3. The van der Waals surface area contributed by atoms with Crippen LogP contribution >= 0.6 is 24.8 Å². The number of halogens is 2. The highest BCUT2D eigenvalue weighted by Crippen LogP contribution is 2.31. The zero-order chi connectivity index (χ0) is 20.1. The largest absolute Gasteiger partial charge is 0.352 e. The van der Waals surface area contributed by atoms with Crippen molar-refractivity contribution in [3.05, 3.63) is 59.9 Å². The van der Waals surface area contributed by atoms with Gasteiger partial charge in [-0.15, -0.1) is 24.8 Å². The van der Waals surface area contributed by atoms with Crippen molar-refractivity contribution in [2.75, 3.05) is 11.9 Å². The molecule has 164 valence electrons. The van der Waals surface area contributed by atoms with Gasteiger partial charge in [-0.3, -0.25) is 14.6 Å². The fraction of sp³-hybridized carbons (Fsp3) is 0.409. The second-order valence-corrected chi connectivity index (χ2v) is 7.79. The third kappa shape index (κ3) is 6.17. The average molecular weight is 453 g/mol. The molecule has 0 spiro atoms. The van der Waals surface area contributed by atoms with E-state index in [1.165, 1.54) is 0 Å². The number of benzene rings is 1. The highest BCUT2D eigenvalue weighted by Gasteiger charge is 2.37. The Morgan fingerprint density at radius 1 is 1.13 bits per heavy atom. The topological polar surface area (TPSA) is 88.3 Å². The first kappa shape index (κ1) is 25.9. The van der Waals surface area contributed by atoms with Crippen LogP contribution in [0.25, 0.3) is 0 Å². The van der Waals surface area contributed by atoms with Crippen LogP contribution in [0.4, 0.5) is 5.69 Å². The molecule has 1 aliphatic carbocycles. The zero-order valence-corrected chi connectivity index (χ0v) is 19.0. The summed E-state index contributed by atoms with van der Waals surface area (Å²) in [7, 11) is 1.74. The van der Waals surface area contributed by atoms with Gasteiger partial charge in [0.05, 0.1) is 5.92 Å². The Labute approximate surface area is 190 Å². The van der Waals surface area contributed by atoms with E-state index in [4.69, 9.17) is 5.73 Å². The van der Waals surface area contributed by atoms with E-state index < -0.39 is 5.54 Å². The summed E-state index contributed by atoms with van der Waals surface area (Å²) in [5.74, 6) is -0.202. The summed E-state index contributed by atoms with van der Waals surface area (Å²) in [6.45, 7) is 2.43. The Morgan fingerprint density at radius 2 is 1.77 bits per heavy atom. The molecule has 0 bridgehead atoms. The molecule has 6 nitrogen and oxygen atoms in total. The van der Waals surface area contributed by atoms with E-state index in [9.17, 15) is 9.59 Å². The SMILES string of the molecule is CN(C(=O)c1ccncc1)c1ccc(CNC(=O)C2CCCCC2(C)N)cc1.Cl.Cl. The standard InChI is InChI=1S/C22H28N4O2.2ClH/c1-22(23)12-4-3-5-19(22)20(27)25-15-16-6-8-18(9-7-16)26(2)21(28)17-10-13-24-14-11-17;;/h6-11,13-14,19H,3-5,12,15,23H2,1-2H3,(H,25,27);2*1H. The highest BCUT2D eigenvalue weighted by molar-refractivity contribution is 6.05. The van der Waals surface area contributed by atoms with Gasteiger partial charge in [0.15, 0.2) is 0 Å². The van der Waals surface area contributed by atoms with Crippen molar-refractivity contribution in [2.45, 2.75) is 44.7 Å². The molecule has 2 atom stereocenters. The van der Waals surface area contributed by atoms with Gasteiger partial charge in [-0.1, -0.05) is 25.0 Å². The van der Waals surface area contributed by atoms with Crippen LogP contribution in [0, 0.1) is 5.92 Å². The first-order valence-electron chi connectivity index (χ1n) is 9.72. The summed E-state index contributed by atoms with van der Waals surface area (Å²) in [6, 6.07) is 11.0. The summed E-state index contributed by atoms with van der Waals surface area (Å²) in [5, 5.41) is 3.02. The number of hydrogen-bond donors (Lipinski definition) is 2. The first-order chi connectivity index (χ1) is 13.4. The fourth-order valence-corrected chi connectivity index (χ4v) is 3.74. The van der Waals surface area contributed by atoms with Gasteiger partial charge < -0.3 is 16.0 Å².